The minimum absolute atomic E-state index is 0. The maximum atomic E-state index is 13.3. The van der Waals surface area contributed by atoms with Gasteiger partial charge in [-0.3, -0.25) is 14.3 Å². The van der Waals surface area contributed by atoms with Crippen molar-refractivity contribution >= 4 is 87.9 Å². The lowest BCUT2D eigenvalue weighted by molar-refractivity contribution is -0.113. The van der Waals surface area contributed by atoms with Crippen LogP contribution in [0.3, 0.4) is 0 Å². The Morgan fingerprint density at radius 3 is 1.44 bits per heavy atom. The highest BCUT2D eigenvalue weighted by Crippen LogP contribution is 2.34. The van der Waals surface area contributed by atoms with Gasteiger partial charge in [0.1, 0.15) is 0 Å². The van der Waals surface area contributed by atoms with Crippen molar-refractivity contribution in [2.24, 2.45) is 0 Å². The first kappa shape index (κ1) is 34.7. The van der Waals surface area contributed by atoms with Gasteiger partial charge in [-0.25, -0.2) is 0 Å². The topological polar surface area (TPSA) is 84.3 Å². The maximum absolute atomic E-state index is 13.3. The van der Waals surface area contributed by atoms with E-state index in [1.165, 1.54) is 0 Å². The molecule has 0 atom stereocenters. The molecule has 0 spiro atoms. The number of halogens is 3. The van der Waals surface area contributed by atoms with E-state index in [9.17, 15) is 19.1 Å². The average Bonchev–Trinajstić information content (AvgIpc) is 2.75. The van der Waals surface area contributed by atoms with Crippen LogP contribution in [0.5, 0.6) is 0 Å². The molecule has 1 aliphatic rings. The summed E-state index contributed by atoms with van der Waals surface area (Å²) >= 11 is 0. The summed E-state index contributed by atoms with van der Waals surface area (Å²) in [4.78, 5) is 37.9. The Morgan fingerprint density at radius 1 is 0.778 bits per heavy atom. The molecule has 1 aliphatic heterocycles. The molecule has 1 saturated heterocycles. The number of hydrogen-bond acceptors (Lipinski definition) is 5. The first-order valence-electron chi connectivity index (χ1n) is 10.8. The summed E-state index contributed by atoms with van der Waals surface area (Å²) in [7, 11) is 3.76. The first-order chi connectivity index (χ1) is 15.5. The maximum Gasteiger partial charge on any atom is 0.326 e. The Balaban J connectivity index is 0.00000408. The zero-order valence-corrected chi connectivity index (χ0v) is 26.9. The summed E-state index contributed by atoms with van der Waals surface area (Å²) < 4.78 is 11.4. The van der Waals surface area contributed by atoms with Gasteiger partial charge in [-0.2, -0.15) is 0 Å². The van der Waals surface area contributed by atoms with Crippen LogP contribution in [0.15, 0.2) is 59.7 Å². The Morgan fingerprint density at radius 2 is 1.14 bits per heavy atom. The largest absolute Gasteiger partial charge is 0.378 e. The van der Waals surface area contributed by atoms with Gasteiger partial charge < -0.3 is 19.6 Å². The van der Waals surface area contributed by atoms with E-state index in [4.69, 9.17) is 0 Å². The van der Waals surface area contributed by atoms with E-state index < -0.39 is 7.60 Å². The number of anilines is 2. The molecule has 0 aliphatic carbocycles. The molecule has 0 unspecified atom stereocenters. The van der Waals surface area contributed by atoms with E-state index in [-0.39, 0.29) is 69.4 Å². The number of Topliss-reactive ketones (excluding diaryl/α,β-unsaturated/α-hetero) is 1. The number of benzene rings is 2. The molecular weight excluding hydrogens is 677 g/mol. The second-order valence-electron chi connectivity index (χ2n) is 8.74. The van der Waals surface area contributed by atoms with Gasteiger partial charge in [0.2, 0.25) is 0 Å². The number of nitrogens with zero attached hydrogens (tertiary/aromatic N) is 3. The van der Waals surface area contributed by atoms with Crippen molar-refractivity contribution in [2.45, 2.75) is 0 Å². The molecule has 0 aromatic heterocycles. The van der Waals surface area contributed by atoms with E-state index in [0.29, 0.717) is 24.2 Å². The minimum Gasteiger partial charge on any atom is -0.378 e. The summed E-state index contributed by atoms with van der Waals surface area (Å²) in [5.41, 5.74) is 5.18. The fraction of sp³-hybridized carbons (Fsp3) is 0.320. The average molecular weight is 712 g/mol. The van der Waals surface area contributed by atoms with E-state index in [0.717, 1.165) is 22.5 Å². The second-order valence-corrected chi connectivity index (χ2v) is 10.5. The smallest absolute Gasteiger partial charge is 0.326 e. The molecule has 2 aromatic rings. The molecule has 0 amide bonds. The highest BCUT2D eigenvalue weighted by atomic mass is 79.9. The summed E-state index contributed by atoms with van der Waals surface area (Å²) in [5.74, 6) is -0.0317. The molecule has 0 saturated carbocycles. The first-order valence-corrected chi connectivity index (χ1v) is 12.6. The van der Waals surface area contributed by atoms with E-state index >= 15 is 0 Å². The molecule has 7 nitrogen and oxygen atoms in total. The van der Waals surface area contributed by atoms with Crippen LogP contribution < -0.4 is 9.80 Å². The highest BCUT2D eigenvalue weighted by Gasteiger charge is 2.27. The Labute approximate surface area is 245 Å². The summed E-state index contributed by atoms with van der Waals surface area (Å²) in [6, 6.07) is 15.8. The molecule has 1 heterocycles. The van der Waals surface area contributed by atoms with Gasteiger partial charge in [0.05, 0.1) is 6.16 Å². The lowest BCUT2D eigenvalue weighted by Crippen LogP contribution is -2.39. The predicted octanol–water partition coefficient (Wildman–Crippen LogP) is 5.08. The Bertz CT molecular complexity index is 1030. The molecule has 200 valence electrons. The SMILES string of the molecule is Br.Br.Br.CN(C)c1ccc(/C=C2\CN(CCP(=O)(O)O)C/C(=C\c3ccc(N(C)C)cc3)C2=O)cc1. The summed E-state index contributed by atoms with van der Waals surface area (Å²) in [6.45, 7) is 0.918. The predicted molar refractivity (Wildman–Crippen MR) is 167 cm³/mol. The summed E-state index contributed by atoms with van der Waals surface area (Å²) in [5, 5.41) is 0. The monoisotopic (exact) mass is 709 g/mol. The normalized spacial score (nSPS) is 16.1. The second kappa shape index (κ2) is 15.2. The van der Waals surface area contributed by atoms with Crippen LogP contribution in [-0.2, 0) is 9.36 Å². The van der Waals surface area contributed by atoms with Crippen LogP contribution in [0.2, 0.25) is 0 Å². The molecule has 3 rings (SSSR count). The van der Waals surface area contributed by atoms with Crippen LogP contribution in [0.1, 0.15) is 11.1 Å². The molecule has 1 fully saturated rings. The van der Waals surface area contributed by atoms with Gasteiger partial charge in [-0.15, -0.1) is 50.9 Å². The van der Waals surface area contributed by atoms with Crippen molar-refractivity contribution in [3.05, 3.63) is 70.8 Å². The molecule has 11 heteroatoms. The number of carbonyl (C=O) groups excluding carboxylic acids is 1. The van der Waals surface area contributed by atoms with Gasteiger partial charge in [-0.05, 0) is 47.5 Å². The van der Waals surface area contributed by atoms with Gasteiger partial charge in [-0.1, -0.05) is 24.3 Å². The number of ketones is 1. The molecule has 0 radical (unpaired) electrons. The van der Waals surface area contributed by atoms with Crippen LogP contribution in [0.4, 0.5) is 11.4 Å². The van der Waals surface area contributed by atoms with Crippen LogP contribution >= 0.6 is 58.5 Å². The lowest BCUT2D eigenvalue weighted by Gasteiger charge is -2.30. The Hall–Kier alpha value is -1.26. The molecule has 36 heavy (non-hydrogen) atoms. The van der Waals surface area contributed by atoms with Gasteiger partial charge in [0.15, 0.2) is 5.78 Å². The minimum atomic E-state index is -4.12. The fourth-order valence-corrected chi connectivity index (χ4v) is 4.22. The van der Waals surface area contributed by atoms with E-state index in [1.54, 1.807) is 0 Å². The zero-order valence-electron chi connectivity index (χ0n) is 20.8. The van der Waals surface area contributed by atoms with Gasteiger partial charge >= 0.3 is 7.60 Å². The molecule has 2 N–H and O–H groups in total. The number of rotatable bonds is 7. The fourth-order valence-electron chi connectivity index (χ4n) is 3.68. The third kappa shape index (κ3) is 10.2. The lowest BCUT2D eigenvalue weighted by atomic mass is 9.94. The van der Waals surface area contributed by atoms with Crippen molar-refractivity contribution in [1.82, 2.24) is 4.90 Å². The zero-order chi connectivity index (χ0) is 24.2. The number of carbonyl (C=O) groups is 1. The van der Waals surface area contributed by atoms with Crippen LogP contribution in [0.25, 0.3) is 12.2 Å². The number of piperidine rings is 1. The summed E-state index contributed by atoms with van der Waals surface area (Å²) in [6.07, 6.45) is 3.50. The van der Waals surface area contributed by atoms with Crippen molar-refractivity contribution < 1.29 is 19.1 Å². The van der Waals surface area contributed by atoms with Crippen molar-refractivity contribution in [3.63, 3.8) is 0 Å². The van der Waals surface area contributed by atoms with Crippen molar-refractivity contribution in [2.75, 3.05) is 63.8 Å². The number of hydrogen-bond donors (Lipinski definition) is 2. The molecule has 0 bridgehead atoms. The van der Waals surface area contributed by atoms with Gasteiger partial charge in [0, 0.05) is 70.3 Å². The molecular formula is C25H35Br3N3O4P. The van der Waals surface area contributed by atoms with Crippen LogP contribution in [0, 0.1) is 0 Å². The van der Waals surface area contributed by atoms with Crippen molar-refractivity contribution in [1.29, 1.82) is 0 Å². The van der Waals surface area contributed by atoms with E-state index in [1.807, 2.05) is 104 Å². The van der Waals surface area contributed by atoms with E-state index in [2.05, 4.69) is 0 Å². The number of likely N-dealkylation sites (tertiary alicyclic amines) is 1. The third-order valence-corrected chi connectivity index (χ3v) is 6.36. The quantitative estimate of drug-likeness (QED) is 0.306. The van der Waals surface area contributed by atoms with Gasteiger partial charge in [0.25, 0.3) is 0 Å². The highest BCUT2D eigenvalue weighted by molar-refractivity contribution is 8.93. The molecule has 2 aromatic carbocycles. The van der Waals surface area contributed by atoms with Crippen LogP contribution in [-0.4, -0.2) is 74.5 Å². The standard InChI is InChI=1S/C25H32N3O4P.3BrH/c1-26(2)23-9-5-19(6-10-23)15-21-17-28(13-14-33(30,31)32)18-22(25(21)29)16-20-7-11-24(12-8-20)27(3)4;;;/h5-12,15-16H,13-14,17-18H2,1-4H3,(H2,30,31,32);3*1H/b21-15+,22-16+;;;. The Kier molecular flexibility index (Phi) is 14.7. The van der Waals surface area contributed by atoms with Crippen molar-refractivity contribution in [3.8, 4) is 0 Å². The third-order valence-electron chi connectivity index (χ3n) is 5.58.